The minimum atomic E-state index is -0.606. The largest absolute Gasteiger partial charge is 0.461 e. The van der Waals surface area contributed by atoms with Gasteiger partial charge in [-0.2, -0.15) is 5.26 Å². The lowest BCUT2D eigenvalue weighted by atomic mass is 9.92. The van der Waals surface area contributed by atoms with Crippen molar-refractivity contribution < 1.29 is 9.53 Å². The van der Waals surface area contributed by atoms with E-state index in [0.717, 1.165) is 16.2 Å². The summed E-state index contributed by atoms with van der Waals surface area (Å²) in [5, 5.41) is 8.95. The molecule has 0 radical (unpaired) electrons. The predicted molar refractivity (Wildman–Crippen MR) is 106 cm³/mol. The van der Waals surface area contributed by atoms with E-state index in [4.69, 9.17) is 15.7 Å². The number of nitrogens with two attached hydrogens (primary N) is 1. The summed E-state index contributed by atoms with van der Waals surface area (Å²) in [5.74, 6) is 0.0105. The first-order chi connectivity index (χ1) is 13.4. The van der Waals surface area contributed by atoms with Crippen molar-refractivity contribution in [1.82, 2.24) is 15.0 Å². The Kier molecular flexibility index (Phi) is 5.70. The zero-order valence-electron chi connectivity index (χ0n) is 15.3. The van der Waals surface area contributed by atoms with Gasteiger partial charge in [0.05, 0.1) is 18.1 Å². The average molecular weight is 394 g/mol. The van der Waals surface area contributed by atoms with E-state index in [2.05, 4.69) is 26.5 Å². The molecule has 0 aliphatic carbocycles. The van der Waals surface area contributed by atoms with Gasteiger partial charge in [-0.25, -0.2) is 15.0 Å². The van der Waals surface area contributed by atoms with Gasteiger partial charge >= 0.3 is 0 Å². The minimum Gasteiger partial charge on any atom is -0.461 e. The highest BCUT2D eigenvalue weighted by molar-refractivity contribution is 8.17. The Morgan fingerprint density at radius 3 is 2.93 bits per heavy atom. The molecular weight excluding hydrogens is 376 g/mol. The van der Waals surface area contributed by atoms with Gasteiger partial charge in [-0.15, -0.1) is 0 Å². The first-order valence-corrected chi connectivity index (χ1v) is 9.22. The highest BCUT2D eigenvalue weighted by atomic mass is 32.2. The molecule has 142 valence electrons. The third kappa shape index (κ3) is 4.53. The third-order valence-corrected chi connectivity index (χ3v) is 4.82. The van der Waals surface area contributed by atoms with Crippen molar-refractivity contribution in [3.63, 3.8) is 0 Å². The zero-order chi connectivity index (χ0) is 20.1. The molecule has 2 aromatic rings. The van der Waals surface area contributed by atoms with Crippen LogP contribution >= 0.6 is 11.8 Å². The van der Waals surface area contributed by atoms with Crippen LogP contribution in [0.25, 0.3) is 0 Å². The van der Waals surface area contributed by atoms with Gasteiger partial charge in [0.25, 0.3) is 0 Å². The fourth-order valence-corrected chi connectivity index (χ4v) is 3.71. The molecule has 0 saturated carbocycles. The van der Waals surface area contributed by atoms with Crippen LogP contribution in [0.3, 0.4) is 0 Å². The number of nitriles is 1. The summed E-state index contributed by atoms with van der Waals surface area (Å²) in [7, 11) is 0. The van der Waals surface area contributed by atoms with Gasteiger partial charge in [0.2, 0.25) is 5.88 Å². The summed E-state index contributed by atoms with van der Waals surface area (Å²) in [6.45, 7) is 5.82. The van der Waals surface area contributed by atoms with Crippen LogP contribution in [0.1, 0.15) is 35.1 Å². The van der Waals surface area contributed by atoms with Gasteiger partial charge < -0.3 is 10.5 Å². The lowest BCUT2D eigenvalue weighted by Crippen LogP contribution is -2.28. The minimum absolute atomic E-state index is 0.127. The fourth-order valence-electron chi connectivity index (χ4n) is 2.82. The standard InChI is InChI=1S/C19H18N6O2S/c1-12-9-19(2,25-18(21)28-12)16-8-13(3-5-22-16)7-15(26)14-10-24-17(11-23-14)27-6-4-20/h3,5,8,10-11H,1,6-7,9H2,2H3,(H2,21,25)/t19-/m0/s1. The number of rotatable bonds is 6. The van der Waals surface area contributed by atoms with Crippen LogP contribution in [0.5, 0.6) is 5.88 Å². The SMILES string of the molecule is C=C1C[C@@](C)(c2cc(CC(=O)c3cnc(OCC#N)cn3)ccn2)N=C(N)S1. The molecule has 0 aromatic carbocycles. The number of carbonyl (C=O) groups excluding carboxylic acids is 1. The summed E-state index contributed by atoms with van der Waals surface area (Å²) in [6, 6.07) is 5.48. The smallest absolute Gasteiger partial charge is 0.233 e. The second-order valence-electron chi connectivity index (χ2n) is 6.38. The first kappa shape index (κ1) is 19.5. The number of amidine groups is 1. The number of ether oxygens (including phenoxy) is 1. The maximum atomic E-state index is 12.5. The zero-order valence-corrected chi connectivity index (χ0v) is 16.1. The Morgan fingerprint density at radius 1 is 1.43 bits per heavy atom. The van der Waals surface area contributed by atoms with Gasteiger partial charge in [0, 0.05) is 19.0 Å². The number of Topliss-reactive ketones (excluding diaryl/α,β-unsaturated/α-hetero) is 1. The molecule has 0 bridgehead atoms. The predicted octanol–water partition coefficient (Wildman–Crippen LogP) is 2.38. The van der Waals surface area contributed by atoms with Crippen LogP contribution in [-0.2, 0) is 12.0 Å². The lowest BCUT2D eigenvalue weighted by Gasteiger charge is -2.30. The van der Waals surface area contributed by atoms with Gasteiger partial charge in [-0.05, 0) is 29.5 Å². The summed E-state index contributed by atoms with van der Waals surface area (Å²) in [5.41, 5.74) is 7.04. The summed E-state index contributed by atoms with van der Waals surface area (Å²) < 4.78 is 5.03. The van der Waals surface area contributed by atoms with E-state index in [1.807, 2.05) is 19.1 Å². The fraction of sp³-hybridized carbons (Fsp3) is 0.263. The number of aliphatic imine (C=N–C) groups is 1. The van der Waals surface area contributed by atoms with Crippen molar-refractivity contribution in [1.29, 1.82) is 5.26 Å². The maximum Gasteiger partial charge on any atom is 0.233 e. The third-order valence-electron chi connectivity index (χ3n) is 4.09. The van der Waals surface area contributed by atoms with Crippen LogP contribution in [0, 0.1) is 11.3 Å². The van der Waals surface area contributed by atoms with E-state index in [1.165, 1.54) is 24.2 Å². The molecular formula is C19H18N6O2S. The van der Waals surface area contributed by atoms with Gasteiger partial charge in [-0.3, -0.25) is 9.78 Å². The molecule has 1 aliphatic heterocycles. The van der Waals surface area contributed by atoms with Crippen molar-refractivity contribution >= 4 is 22.7 Å². The van der Waals surface area contributed by atoms with Crippen molar-refractivity contribution in [3.8, 4) is 11.9 Å². The molecule has 0 amide bonds. The van der Waals surface area contributed by atoms with E-state index in [1.54, 1.807) is 12.3 Å². The molecule has 3 rings (SSSR count). The van der Waals surface area contributed by atoms with Crippen molar-refractivity contribution in [3.05, 3.63) is 59.2 Å². The molecule has 3 heterocycles. The normalized spacial score (nSPS) is 18.9. The average Bonchev–Trinajstić information content (AvgIpc) is 2.66. The number of carbonyl (C=O) groups is 1. The Morgan fingerprint density at radius 2 is 2.25 bits per heavy atom. The van der Waals surface area contributed by atoms with E-state index < -0.39 is 5.54 Å². The first-order valence-electron chi connectivity index (χ1n) is 8.41. The molecule has 0 unspecified atom stereocenters. The number of hydrogen-bond acceptors (Lipinski definition) is 9. The molecule has 0 spiro atoms. The summed E-state index contributed by atoms with van der Waals surface area (Å²) >= 11 is 1.36. The Labute approximate surface area is 166 Å². The summed E-state index contributed by atoms with van der Waals surface area (Å²) in [4.78, 5) is 30.5. The van der Waals surface area contributed by atoms with Crippen LogP contribution in [-0.4, -0.2) is 32.5 Å². The monoisotopic (exact) mass is 394 g/mol. The number of ketones is 1. The Hall–Kier alpha value is -3.25. The second-order valence-corrected chi connectivity index (χ2v) is 7.58. The quantitative estimate of drug-likeness (QED) is 0.740. The second kappa shape index (κ2) is 8.19. The topological polar surface area (TPSA) is 127 Å². The summed E-state index contributed by atoms with van der Waals surface area (Å²) in [6.07, 6.45) is 5.09. The van der Waals surface area contributed by atoms with Crippen LogP contribution < -0.4 is 10.5 Å². The molecule has 1 atom stereocenters. The Balaban J connectivity index is 1.76. The maximum absolute atomic E-state index is 12.5. The molecule has 1 aliphatic rings. The molecule has 2 N–H and O–H groups in total. The van der Waals surface area contributed by atoms with Crippen LogP contribution in [0.4, 0.5) is 0 Å². The molecule has 8 nitrogen and oxygen atoms in total. The van der Waals surface area contributed by atoms with Gasteiger partial charge in [-0.1, -0.05) is 18.3 Å². The van der Waals surface area contributed by atoms with Gasteiger partial charge in [0.15, 0.2) is 17.6 Å². The number of nitrogens with zero attached hydrogens (tertiary/aromatic N) is 5. The van der Waals surface area contributed by atoms with Crippen LogP contribution in [0.2, 0.25) is 0 Å². The number of pyridine rings is 1. The van der Waals surface area contributed by atoms with Crippen molar-refractivity contribution in [2.24, 2.45) is 10.7 Å². The lowest BCUT2D eigenvalue weighted by molar-refractivity contribution is 0.0987. The van der Waals surface area contributed by atoms with E-state index in [9.17, 15) is 4.79 Å². The van der Waals surface area contributed by atoms with Crippen LogP contribution in [0.15, 0.2) is 47.2 Å². The van der Waals surface area contributed by atoms with Crippen molar-refractivity contribution in [2.75, 3.05) is 6.61 Å². The Bertz CT molecular complexity index is 983. The van der Waals surface area contributed by atoms with Crippen molar-refractivity contribution in [2.45, 2.75) is 25.3 Å². The highest BCUT2D eigenvalue weighted by Crippen LogP contribution is 2.39. The number of aromatic nitrogens is 3. The molecule has 28 heavy (non-hydrogen) atoms. The molecule has 2 aromatic heterocycles. The molecule has 0 saturated heterocycles. The van der Waals surface area contributed by atoms with E-state index in [-0.39, 0.29) is 30.4 Å². The molecule has 0 fully saturated rings. The van der Waals surface area contributed by atoms with E-state index in [0.29, 0.717) is 11.6 Å². The van der Waals surface area contributed by atoms with E-state index >= 15 is 0 Å². The number of hydrogen-bond donors (Lipinski definition) is 1. The van der Waals surface area contributed by atoms with Gasteiger partial charge in [0.1, 0.15) is 17.3 Å². The number of thioether (sulfide) groups is 1. The highest BCUT2D eigenvalue weighted by Gasteiger charge is 2.32. The molecule has 9 heteroatoms.